The molecule has 2 saturated carbocycles. The number of ketones is 1. The fourth-order valence-electron chi connectivity index (χ4n) is 12.5. The van der Waals surface area contributed by atoms with Gasteiger partial charge in [-0.2, -0.15) is 0 Å². The Morgan fingerprint density at radius 2 is 1.11 bits per heavy atom. The summed E-state index contributed by atoms with van der Waals surface area (Å²) >= 11 is 0. The van der Waals surface area contributed by atoms with Crippen LogP contribution in [-0.2, 0) is 42.7 Å². The lowest BCUT2D eigenvalue weighted by Gasteiger charge is -2.58. The Labute approximate surface area is 377 Å². The van der Waals surface area contributed by atoms with Crippen LogP contribution in [0.5, 0.6) is 0 Å². The Morgan fingerprint density at radius 3 is 1.69 bits per heavy atom. The van der Waals surface area contributed by atoms with Crippen molar-refractivity contribution in [2.24, 2.45) is 28.6 Å². The first-order valence-corrected chi connectivity index (χ1v) is 23.2. The molecule has 0 aromatic heterocycles. The molecule has 0 unspecified atom stereocenters. The Kier molecular flexibility index (Phi) is 14.8. The highest BCUT2D eigenvalue weighted by atomic mass is 16.8. The molecule has 26 atom stereocenters. The Morgan fingerprint density at radius 1 is 0.585 bits per heavy atom. The second-order valence-electron chi connectivity index (χ2n) is 20.2. The van der Waals surface area contributed by atoms with Crippen LogP contribution in [0.15, 0.2) is 23.3 Å². The summed E-state index contributed by atoms with van der Waals surface area (Å²) < 4.78 is 49.7. The monoisotopic (exact) mass is 930 g/mol. The van der Waals surface area contributed by atoms with Crippen molar-refractivity contribution in [1.29, 1.82) is 0 Å². The van der Waals surface area contributed by atoms with E-state index in [-0.39, 0.29) is 16.6 Å². The van der Waals surface area contributed by atoms with Crippen molar-refractivity contribution in [3.63, 3.8) is 0 Å². The lowest BCUT2D eigenvalue weighted by molar-refractivity contribution is -0.410. The summed E-state index contributed by atoms with van der Waals surface area (Å²) in [6.45, 7) is 7.47. The molecule has 6 fully saturated rings. The summed E-state index contributed by atoms with van der Waals surface area (Å²) in [5.41, 5.74) is 1.86. The molecule has 4 aliphatic carbocycles. The van der Waals surface area contributed by atoms with E-state index in [1.165, 1.54) is 19.4 Å². The SMILES string of the molecule is CC(=O)C1=CC[C@H]2[C@@H]3CC=C4C[C@@H](O[C@@H]5O[C@H](CO)[C@@H](O[C@@H]6O[C@@H](C)[C@H](O)[C@@H](O)[C@H]6O)[C@H](O[C@@H]6O[C@H](CO)[C@@H](O)[C@H](O)[C@H]6O)[C@H]5O[C@@H]5O[C@@H](C)[C@H](O)[C@@H](O)[C@H]5O)CC[C@]4(C)[C@H]3CC[C@]12C. The number of hydrogen-bond donors (Lipinski definition) is 11. The average molecular weight is 931 g/mol. The summed E-state index contributed by atoms with van der Waals surface area (Å²) in [6, 6.07) is 0. The highest BCUT2D eigenvalue weighted by Crippen LogP contribution is 2.65. The van der Waals surface area contributed by atoms with Gasteiger partial charge >= 0.3 is 0 Å². The number of aliphatic hydroxyl groups excluding tert-OH is 11. The average Bonchev–Trinajstić information content (AvgIpc) is 3.65. The first kappa shape index (κ1) is 49.8. The van der Waals surface area contributed by atoms with Gasteiger partial charge in [-0.15, -0.1) is 0 Å². The third-order valence-electron chi connectivity index (χ3n) is 16.5. The third-order valence-corrected chi connectivity index (χ3v) is 16.5. The van der Waals surface area contributed by atoms with Crippen LogP contribution in [0.25, 0.3) is 0 Å². The van der Waals surface area contributed by atoms with Gasteiger partial charge in [0, 0.05) is 0 Å². The summed E-state index contributed by atoms with van der Waals surface area (Å²) in [5.74, 6) is 1.27. The van der Waals surface area contributed by atoms with E-state index in [1.54, 1.807) is 6.92 Å². The second-order valence-corrected chi connectivity index (χ2v) is 20.2. The first-order chi connectivity index (χ1) is 30.7. The number of ether oxygens (including phenoxy) is 8. The van der Waals surface area contributed by atoms with E-state index in [4.69, 9.17) is 37.9 Å². The molecule has 4 aliphatic heterocycles. The first-order valence-electron chi connectivity index (χ1n) is 23.2. The summed E-state index contributed by atoms with van der Waals surface area (Å²) in [4.78, 5) is 12.7. The topological polar surface area (TPSA) is 313 Å². The zero-order chi connectivity index (χ0) is 47.0. The highest BCUT2D eigenvalue weighted by molar-refractivity contribution is 5.95. The van der Waals surface area contributed by atoms with Crippen molar-refractivity contribution in [2.75, 3.05) is 13.2 Å². The van der Waals surface area contributed by atoms with E-state index >= 15 is 0 Å². The predicted octanol–water partition coefficient (Wildman–Crippen LogP) is -2.21. The molecule has 20 heteroatoms. The van der Waals surface area contributed by atoms with Crippen LogP contribution in [0.4, 0.5) is 0 Å². The van der Waals surface area contributed by atoms with Gasteiger partial charge < -0.3 is 94.1 Å². The molecule has 0 radical (unpaired) electrons. The van der Waals surface area contributed by atoms with E-state index < -0.39 is 142 Å². The largest absolute Gasteiger partial charge is 0.394 e. The number of allylic oxidation sites excluding steroid dienone is 3. The van der Waals surface area contributed by atoms with E-state index in [2.05, 4.69) is 26.0 Å². The van der Waals surface area contributed by atoms with Crippen molar-refractivity contribution in [3.8, 4) is 0 Å². The van der Waals surface area contributed by atoms with Crippen molar-refractivity contribution in [2.45, 2.75) is 208 Å². The summed E-state index contributed by atoms with van der Waals surface area (Å²) in [6.07, 6.45) is -23.3. The van der Waals surface area contributed by atoms with Crippen molar-refractivity contribution >= 4 is 5.78 Å². The van der Waals surface area contributed by atoms with E-state index in [9.17, 15) is 61.0 Å². The van der Waals surface area contributed by atoms with Gasteiger partial charge in [-0.1, -0.05) is 31.6 Å². The molecule has 65 heavy (non-hydrogen) atoms. The number of aliphatic hydroxyl groups is 11. The van der Waals surface area contributed by atoms with Crippen LogP contribution in [0.2, 0.25) is 0 Å². The number of hydrogen-bond acceptors (Lipinski definition) is 20. The molecule has 4 heterocycles. The van der Waals surface area contributed by atoms with Crippen LogP contribution in [-0.4, -0.2) is 204 Å². The van der Waals surface area contributed by atoms with Gasteiger partial charge in [-0.25, -0.2) is 0 Å². The van der Waals surface area contributed by atoms with Gasteiger partial charge in [0.2, 0.25) is 0 Å². The van der Waals surface area contributed by atoms with Crippen molar-refractivity contribution in [3.05, 3.63) is 23.3 Å². The molecule has 0 amide bonds. The number of carbonyl (C=O) groups is 1. The van der Waals surface area contributed by atoms with E-state index in [0.717, 1.165) is 37.7 Å². The molecule has 8 aliphatic rings. The Bertz CT molecular complexity index is 1750. The summed E-state index contributed by atoms with van der Waals surface area (Å²) in [5, 5.41) is 118. The Balaban J connectivity index is 1.12. The van der Waals surface area contributed by atoms with Gasteiger partial charge in [0.1, 0.15) is 85.5 Å². The number of carbonyl (C=O) groups excluding carboxylic acids is 1. The van der Waals surface area contributed by atoms with Crippen LogP contribution >= 0.6 is 0 Å². The normalized spacial score (nSPS) is 53.6. The molecule has 11 N–H and O–H groups in total. The van der Waals surface area contributed by atoms with Gasteiger partial charge in [0.25, 0.3) is 0 Å². The number of rotatable bonds is 11. The van der Waals surface area contributed by atoms with Gasteiger partial charge in [-0.05, 0) is 99.9 Å². The summed E-state index contributed by atoms with van der Waals surface area (Å²) in [7, 11) is 0. The molecule has 20 nitrogen and oxygen atoms in total. The fraction of sp³-hybridized carbons (Fsp3) is 0.889. The zero-order valence-electron chi connectivity index (χ0n) is 37.5. The minimum Gasteiger partial charge on any atom is -0.394 e. The van der Waals surface area contributed by atoms with Crippen LogP contribution in [0, 0.1) is 28.6 Å². The standard InChI is InChI=1S/C45H70O20/c1-17(48)23-8-9-24-22-7-6-20-14-21(10-12-44(20,4)25(22)11-13-45(23,24)5)60-43-39(65-41-35(56)32(53)29(50)19(3)59-41)38(64-42-36(57)33(54)30(51)26(15-46)61-42)37(27(16-47)62-43)63-40-34(55)31(52)28(49)18(2)58-40/h6,8,18-19,21-22,24-43,46-47,49-57H,7,9-16H2,1-5H3/t18-,19-,21-,22-,24-,25-,26+,27+,28-,29-,30+,31+,32+,33-,34+,35+,36+,37+,38-,39+,40-,41-,42-,43+,44-,45+/m0/s1. The quantitative estimate of drug-likeness (QED) is 0.0979. The molecule has 370 valence electrons. The van der Waals surface area contributed by atoms with E-state index in [0.29, 0.717) is 30.6 Å². The van der Waals surface area contributed by atoms with Gasteiger partial charge in [0.15, 0.2) is 30.9 Å². The highest BCUT2D eigenvalue weighted by Gasteiger charge is 2.60. The maximum atomic E-state index is 12.7. The van der Waals surface area contributed by atoms with Crippen LogP contribution in [0.3, 0.4) is 0 Å². The maximum absolute atomic E-state index is 12.7. The smallest absolute Gasteiger partial charge is 0.187 e. The molecule has 0 bridgehead atoms. The molecule has 0 aromatic carbocycles. The number of fused-ring (bicyclic) bond motifs is 5. The molecule has 0 aromatic rings. The minimum absolute atomic E-state index is 0.139. The molecule has 8 rings (SSSR count). The number of Topliss-reactive ketones (excluding diaryl/α,β-unsaturated/α-hetero) is 1. The van der Waals surface area contributed by atoms with Crippen molar-refractivity contribution in [1.82, 2.24) is 0 Å². The van der Waals surface area contributed by atoms with Crippen LogP contribution < -0.4 is 0 Å². The van der Waals surface area contributed by atoms with Gasteiger partial charge in [-0.3, -0.25) is 4.79 Å². The maximum Gasteiger partial charge on any atom is 0.187 e. The molecule has 0 spiro atoms. The molecular weight excluding hydrogens is 860 g/mol. The predicted molar refractivity (Wildman–Crippen MR) is 220 cm³/mol. The minimum atomic E-state index is -1.96. The zero-order valence-corrected chi connectivity index (χ0v) is 37.5. The second kappa shape index (κ2) is 19.3. The van der Waals surface area contributed by atoms with Gasteiger partial charge in [0.05, 0.1) is 31.5 Å². The van der Waals surface area contributed by atoms with Crippen LogP contribution in [0.1, 0.15) is 79.6 Å². The molecular formula is C45H70O20. The molecule has 4 saturated heterocycles. The lowest BCUT2D eigenvalue weighted by atomic mass is 9.47. The van der Waals surface area contributed by atoms with Crippen molar-refractivity contribution < 1.29 is 98.9 Å². The fourth-order valence-corrected chi connectivity index (χ4v) is 12.5. The van der Waals surface area contributed by atoms with E-state index in [1.807, 2.05) is 0 Å². The Hall–Kier alpha value is -1.61. The lowest BCUT2D eigenvalue weighted by Crippen LogP contribution is -2.69. The third kappa shape index (κ3) is 8.84.